The molecule has 0 fully saturated rings. The summed E-state index contributed by atoms with van der Waals surface area (Å²) in [5, 5.41) is 21.4. The molecule has 2 aromatic heterocycles. The molecule has 7 nitrogen and oxygen atoms in total. The van der Waals surface area contributed by atoms with Gasteiger partial charge in [-0.3, -0.25) is 9.48 Å². The second-order valence-electron chi connectivity index (χ2n) is 6.98. The number of nitrogens with zero attached hydrogens (tertiary/aromatic N) is 3. The smallest absolute Gasteiger partial charge is 0.251 e. The summed E-state index contributed by atoms with van der Waals surface area (Å²) >= 11 is 5.71. The van der Waals surface area contributed by atoms with E-state index in [4.69, 9.17) is 11.6 Å². The molecule has 0 aliphatic rings. The average molecular weight is 440 g/mol. The summed E-state index contributed by atoms with van der Waals surface area (Å²) in [6.45, 7) is -0.386. The van der Waals surface area contributed by atoms with Crippen LogP contribution >= 0.6 is 11.6 Å². The normalized spacial score (nSPS) is 12.0. The predicted molar refractivity (Wildman–Crippen MR) is 117 cm³/mol. The van der Waals surface area contributed by atoms with Gasteiger partial charge in [0.05, 0.1) is 23.9 Å². The van der Waals surface area contributed by atoms with Gasteiger partial charge in [0.25, 0.3) is 5.91 Å². The third-order valence-corrected chi connectivity index (χ3v) is 5.20. The number of fused-ring (bicyclic) bond motifs is 1. The lowest BCUT2D eigenvalue weighted by atomic mass is 10.1. The number of pyridine rings is 1. The summed E-state index contributed by atoms with van der Waals surface area (Å²) in [5.41, 5.74) is 0.823. The minimum Gasteiger partial charge on any atom is -0.394 e. The zero-order valence-corrected chi connectivity index (χ0v) is 17.3. The Labute approximate surface area is 182 Å². The van der Waals surface area contributed by atoms with E-state index >= 15 is 0 Å². The van der Waals surface area contributed by atoms with E-state index in [1.807, 2.05) is 19.2 Å². The van der Waals surface area contributed by atoms with Gasteiger partial charge in [0, 0.05) is 30.3 Å². The number of aryl methyl sites for hydroxylation is 1. The number of carbonyl (C=O) groups excluding carboxylic acids is 1. The molecule has 3 N–H and O–H groups in total. The van der Waals surface area contributed by atoms with E-state index in [2.05, 4.69) is 20.7 Å². The van der Waals surface area contributed by atoms with Crippen LogP contribution in [-0.4, -0.2) is 32.4 Å². The quantitative estimate of drug-likeness (QED) is 0.423. The first-order valence-corrected chi connectivity index (χ1v) is 9.84. The highest BCUT2D eigenvalue weighted by Crippen LogP contribution is 2.23. The molecule has 0 bridgehead atoms. The zero-order chi connectivity index (χ0) is 22.0. The number of anilines is 2. The number of carbonyl (C=O) groups is 1. The van der Waals surface area contributed by atoms with Gasteiger partial charge in [-0.15, -0.1) is 0 Å². The molecule has 0 saturated heterocycles. The molecular formula is C22H19ClFN5O2. The number of aliphatic hydroxyl groups excluding tert-OH is 1. The maximum atomic E-state index is 13.8. The molecule has 1 amide bonds. The van der Waals surface area contributed by atoms with E-state index in [9.17, 15) is 14.3 Å². The van der Waals surface area contributed by atoms with Crippen LogP contribution in [0.25, 0.3) is 10.8 Å². The molecule has 1 atom stereocenters. The Morgan fingerprint density at radius 3 is 2.74 bits per heavy atom. The molecule has 2 aromatic carbocycles. The fourth-order valence-corrected chi connectivity index (χ4v) is 3.30. The number of nitrogens with one attached hydrogen (secondary N) is 2. The second kappa shape index (κ2) is 8.71. The molecule has 31 heavy (non-hydrogen) atoms. The van der Waals surface area contributed by atoms with Crippen molar-refractivity contribution in [3.63, 3.8) is 0 Å². The van der Waals surface area contributed by atoms with Crippen LogP contribution in [0.5, 0.6) is 0 Å². The number of aromatic nitrogens is 3. The standard InChI is InChI=1S/C22H19ClFN5O2/c1-29-21(6-7-26-29)28-20-10-16-8-14(2-3-15(16)11-25-20)22(31)27-19(12-30)13-4-5-17(23)18(24)9-13/h2-11,19,30H,12H2,1H3,(H,25,28)(H,27,31). The first-order valence-electron chi connectivity index (χ1n) is 9.46. The molecule has 0 aliphatic carbocycles. The lowest BCUT2D eigenvalue weighted by molar-refractivity contribution is 0.0916. The highest BCUT2D eigenvalue weighted by Gasteiger charge is 2.17. The maximum Gasteiger partial charge on any atom is 0.251 e. The second-order valence-corrected chi connectivity index (χ2v) is 7.39. The molecule has 0 aliphatic heterocycles. The van der Waals surface area contributed by atoms with Crippen LogP contribution in [0.4, 0.5) is 16.0 Å². The van der Waals surface area contributed by atoms with Gasteiger partial charge in [0.1, 0.15) is 17.5 Å². The van der Waals surface area contributed by atoms with Crippen LogP contribution in [0.1, 0.15) is 22.0 Å². The minimum absolute atomic E-state index is 0.0227. The van der Waals surface area contributed by atoms with E-state index in [0.717, 1.165) is 16.6 Å². The van der Waals surface area contributed by atoms with Gasteiger partial charge in [-0.1, -0.05) is 23.7 Å². The highest BCUT2D eigenvalue weighted by atomic mass is 35.5. The van der Waals surface area contributed by atoms with Gasteiger partial charge in [-0.25, -0.2) is 9.37 Å². The van der Waals surface area contributed by atoms with Crippen LogP contribution in [0.3, 0.4) is 0 Å². The summed E-state index contributed by atoms with van der Waals surface area (Å²) in [6, 6.07) is 12.2. The Kier molecular flexibility index (Phi) is 5.83. The Balaban J connectivity index is 1.56. The fourth-order valence-electron chi connectivity index (χ4n) is 3.18. The zero-order valence-electron chi connectivity index (χ0n) is 16.5. The monoisotopic (exact) mass is 439 g/mol. The molecule has 2 heterocycles. The lowest BCUT2D eigenvalue weighted by Crippen LogP contribution is -2.30. The highest BCUT2D eigenvalue weighted by molar-refractivity contribution is 6.30. The Morgan fingerprint density at radius 1 is 1.19 bits per heavy atom. The Bertz CT molecular complexity index is 1260. The lowest BCUT2D eigenvalue weighted by Gasteiger charge is -2.17. The van der Waals surface area contributed by atoms with Gasteiger partial charge in [-0.2, -0.15) is 5.10 Å². The van der Waals surface area contributed by atoms with E-state index in [1.165, 1.54) is 12.1 Å². The molecular weight excluding hydrogens is 421 g/mol. The molecule has 0 spiro atoms. The average Bonchev–Trinajstić information content (AvgIpc) is 3.17. The molecule has 1 unspecified atom stereocenters. The van der Waals surface area contributed by atoms with Gasteiger partial charge >= 0.3 is 0 Å². The van der Waals surface area contributed by atoms with Crippen molar-refractivity contribution in [2.45, 2.75) is 6.04 Å². The number of amides is 1. The van der Waals surface area contributed by atoms with Crippen LogP contribution in [0.2, 0.25) is 5.02 Å². The van der Waals surface area contributed by atoms with E-state index in [1.54, 1.807) is 41.3 Å². The summed E-state index contributed by atoms with van der Waals surface area (Å²) < 4.78 is 15.5. The molecule has 0 saturated carbocycles. The van der Waals surface area contributed by atoms with Gasteiger partial charge in [-0.05, 0) is 41.3 Å². The van der Waals surface area contributed by atoms with Crippen molar-refractivity contribution >= 4 is 39.9 Å². The van der Waals surface area contributed by atoms with E-state index in [-0.39, 0.29) is 11.6 Å². The van der Waals surface area contributed by atoms with E-state index < -0.39 is 17.8 Å². The van der Waals surface area contributed by atoms with Crippen molar-refractivity contribution in [2.24, 2.45) is 7.05 Å². The third-order valence-electron chi connectivity index (χ3n) is 4.89. The van der Waals surface area contributed by atoms with E-state index in [0.29, 0.717) is 16.9 Å². The predicted octanol–water partition coefficient (Wildman–Crippen LogP) is 3.97. The van der Waals surface area contributed by atoms with Crippen LogP contribution in [0.15, 0.2) is 60.9 Å². The Hall–Kier alpha value is -3.49. The van der Waals surface area contributed by atoms with Crippen molar-refractivity contribution in [1.29, 1.82) is 0 Å². The van der Waals surface area contributed by atoms with Crippen LogP contribution in [0, 0.1) is 5.82 Å². The SMILES string of the molecule is Cn1nccc1Nc1cc2cc(C(=O)NC(CO)c3ccc(Cl)c(F)c3)ccc2cn1. The van der Waals surface area contributed by atoms with Crippen molar-refractivity contribution in [2.75, 3.05) is 11.9 Å². The third kappa shape index (κ3) is 4.50. The largest absolute Gasteiger partial charge is 0.394 e. The van der Waals surface area contributed by atoms with Crippen molar-refractivity contribution in [1.82, 2.24) is 20.1 Å². The maximum absolute atomic E-state index is 13.8. The van der Waals surface area contributed by atoms with Crippen molar-refractivity contribution in [3.05, 3.63) is 82.9 Å². The fraction of sp³-hybridized carbons (Fsp3) is 0.136. The molecule has 158 valence electrons. The number of rotatable bonds is 6. The van der Waals surface area contributed by atoms with Crippen molar-refractivity contribution in [3.8, 4) is 0 Å². The first-order chi connectivity index (χ1) is 14.9. The number of hydrogen-bond acceptors (Lipinski definition) is 5. The van der Waals surface area contributed by atoms with Crippen molar-refractivity contribution < 1.29 is 14.3 Å². The van der Waals surface area contributed by atoms with Gasteiger partial charge in [0.15, 0.2) is 0 Å². The number of aliphatic hydroxyl groups is 1. The van der Waals surface area contributed by atoms with Crippen LogP contribution in [-0.2, 0) is 7.05 Å². The molecule has 9 heteroatoms. The molecule has 0 radical (unpaired) electrons. The Morgan fingerprint density at radius 2 is 2.03 bits per heavy atom. The topological polar surface area (TPSA) is 92.1 Å². The molecule has 4 aromatic rings. The number of halogens is 2. The summed E-state index contributed by atoms with van der Waals surface area (Å²) in [4.78, 5) is 17.2. The number of benzene rings is 2. The first kappa shape index (κ1) is 20.8. The summed E-state index contributed by atoms with van der Waals surface area (Å²) in [6.07, 6.45) is 3.39. The number of hydrogen-bond donors (Lipinski definition) is 3. The summed E-state index contributed by atoms with van der Waals surface area (Å²) in [5.74, 6) is 0.382. The summed E-state index contributed by atoms with van der Waals surface area (Å²) in [7, 11) is 1.82. The molecule has 4 rings (SSSR count). The minimum atomic E-state index is -0.769. The van der Waals surface area contributed by atoms with Gasteiger partial charge in [0.2, 0.25) is 0 Å². The van der Waals surface area contributed by atoms with Crippen LogP contribution < -0.4 is 10.6 Å². The van der Waals surface area contributed by atoms with Gasteiger partial charge < -0.3 is 15.7 Å².